The minimum absolute atomic E-state index is 0.238. The van der Waals surface area contributed by atoms with E-state index in [0.717, 1.165) is 29.5 Å². The third-order valence-corrected chi connectivity index (χ3v) is 8.45. The maximum absolute atomic E-state index is 13.5. The predicted octanol–water partition coefficient (Wildman–Crippen LogP) is 4.40. The predicted molar refractivity (Wildman–Crippen MR) is 112 cm³/mol. The maximum Gasteiger partial charge on any atom is 0.241 e. The summed E-state index contributed by atoms with van der Waals surface area (Å²) in [6.45, 7) is 4.21. The molecule has 0 saturated heterocycles. The van der Waals surface area contributed by atoms with E-state index in [1.54, 1.807) is 18.2 Å². The average Bonchev–Trinajstić information content (AvgIpc) is 3.16. The SMILES string of the molecule is Cc1ccc(S(=O)(=O)C2(C(=O)NCCc3cccc(Cl)c3)CCCC2)cc1C. The summed E-state index contributed by atoms with van der Waals surface area (Å²) in [5.74, 6) is -0.384. The minimum atomic E-state index is -3.77. The summed E-state index contributed by atoms with van der Waals surface area (Å²) >= 11 is 6.00. The second-order valence-corrected chi connectivity index (χ2v) is 10.3. The van der Waals surface area contributed by atoms with Gasteiger partial charge in [0, 0.05) is 11.6 Å². The molecule has 3 rings (SSSR count). The van der Waals surface area contributed by atoms with Gasteiger partial charge in [0.25, 0.3) is 0 Å². The van der Waals surface area contributed by atoms with Gasteiger partial charge in [-0.2, -0.15) is 0 Å². The normalized spacial score (nSPS) is 16.1. The Bertz CT molecular complexity index is 979. The van der Waals surface area contributed by atoms with Crippen molar-refractivity contribution in [1.29, 1.82) is 0 Å². The largest absolute Gasteiger partial charge is 0.354 e. The van der Waals surface area contributed by atoms with Crippen LogP contribution in [0.5, 0.6) is 0 Å². The van der Waals surface area contributed by atoms with Crippen molar-refractivity contribution < 1.29 is 13.2 Å². The fourth-order valence-electron chi connectivity index (χ4n) is 3.84. The van der Waals surface area contributed by atoms with Gasteiger partial charge in [-0.15, -0.1) is 0 Å². The first-order chi connectivity index (χ1) is 13.3. The Hall–Kier alpha value is -1.85. The number of carbonyl (C=O) groups excluding carboxylic acids is 1. The van der Waals surface area contributed by atoms with E-state index in [1.165, 1.54) is 0 Å². The molecule has 0 aliphatic heterocycles. The number of hydrogen-bond acceptors (Lipinski definition) is 3. The summed E-state index contributed by atoms with van der Waals surface area (Å²) in [4.78, 5) is 13.3. The van der Waals surface area contributed by atoms with Gasteiger partial charge in [-0.05, 0) is 74.1 Å². The van der Waals surface area contributed by atoms with Crippen LogP contribution in [0.4, 0.5) is 0 Å². The third-order valence-electron chi connectivity index (χ3n) is 5.72. The quantitative estimate of drug-likeness (QED) is 0.754. The lowest BCUT2D eigenvalue weighted by Crippen LogP contribution is -2.51. The molecule has 2 aromatic carbocycles. The van der Waals surface area contributed by atoms with Crippen molar-refractivity contribution >= 4 is 27.3 Å². The fourth-order valence-corrected chi connectivity index (χ4v) is 6.23. The molecule has 28 heavy (non-hydrogen) atoms. The Balaban J connectivity index is 1.80. The lowest BCUT2D eigenvalue weighted by molar-refractivity contribution is -0.123. The van der Waals surface area contributed by atoms with Crippen LogP contribution in [0.3, 0.4) is 0 Å². The standard InChI is InChI=1S/C22H26ClNO3S/c1-16-8-9-20(14-17(16)2)28(26,27)22(11-3-4-12-22)21(25)24-13-10-18-6-5-7-19(23)15-18/h5-9,14-15H,3-4,10-13H2,1-2H3,(H,24,25). The van der Waals surface area contributed by atoms with Gasteiger partial charge in [0.05, 0.1) is 4.90 Å². The van der Waals surface area contributed by atoms with E-state index in [9.17, 15) is 13.2 Å². The third kappa shape index (κ3) is 3.96. The summed E-state index contributed by atoms with van der Waals surface area (Å²) in [6.07, 6.45) is 2.82. The molecule has 6 heteroatoms. The van der Waals surface area contributed by atoms with Crippen molar-refractivity contribution in [3.63, 3.8) is 0 Å². The van der Waals surface area contributed by atoms with Crippen LogP contribution in [0, 0.1) is 13.8 Å². The molecule has 2 aromatic rings. The van der Waals surface area contributed by atoms with Crippen LogP contribution < -0.4 is 5.32 Å². The van der Waals surface area contributed by atoms with Gasteiger partial charge in [0.2, 0.25) is 5.91 Å². The summed E-state index contributed by atoms with van der Waals surface area (Å²) in [7, 11) is -3.77. The van der Waals surface area contributed by atoms with E-state index in [-0.39, 0.29) is 10.8 Å². The lowest BCUT2D eigenvalue weighted by atomic mass is 10.1. The maximum atomic E-state index is 13.5. The summed E-state index contributed by atoms with van der Waals surface area (Å²) in [5.41, 5.74) is 2.95. The number of hydrogen-bond donors (Lipinski definition) is 1. The highest BCUT2D eigenvalue weighted by molar-refractivity contribution is 7.93. The number of rotatable bonds is 6. The van der Waals surface area contributed by atoms with Crippen LogP contribution in [0.2, 0.25) is 5.02 Å². The van der Waals surface area contributed by atoms with E-state index in [4.69, 9.17) is 11.6 Å². The zero-order valence-corrected chi connectivity index (χ0v) is 17.9. The molecule has 4 nitrogen and oxygen atoms in total. The van der Waals surface area contributed by atoms with E-state index < -0.39 is 14.6 Å². The number of sulfone groups is 1. The van der Waals surface area contributed by atoms with Crippen molar-refractivity contribution in [1.82, 2.24) is 5.32 Å². The summed E-state index contributed by atoms with van der Waals surface area (Å²) < 4.78 is 25.5. The van der Waals surface area contributed by atoms with Crippen molar-refractivity contribution in [2.75, 3.05) is 6.54 Å². The van der Waals surface area contributed by atoms with E-state index in [0.29, 0.717) is 30.8 Å². The Labute approximate surface area is 172 Å². The van der Waals surface area contributed by atoms with Gasteiger partial charge in [0.15, 0.2) is 14.6 Å². The Morgan fingerprint density at radius 1 is 1.07 bits per heavy atom. The molecule has 1 aliphatic carbocycles. The van der Waals surface area contributed by atoms with Crippen molar-refractivity contribution in [3.8, 4) is 0 Å². The zero-order valence-electron chi connectivity index (χ0n) is 16.3. The molecule has 0 unspecified atom stereocenters. The molecule has 150 valence electrons. The van der Waals surface area contributed by atoms with Gasteiger partial charge < -0.3 is 5.32 Å². The first kappa shape index (κ1) is 20.9. The van der Waals surface area contributed by atoms with Gasteiger partial charge in [-0.25, -0.2) is 8.42 Å². The highest BCUT2D eigenvalue weighted by Gasteiger charge is 2.52. The lowest BCUT2D eigenvalue weighted by Gasteiger charge is -2.28. The summed E-state index contributed by atoms with van der Waals surface area (Å²) in [6, 6.07) is 12.6. The Morgan fingerprint density at radius 2 is 1.79 bits per heavy atom. The Kier molecular flexibility index (Phi) is 6.15. The molecular weight excluding hydrogens is 394 g/mol. The van der Waals surface area contributed by atoms with Gasteiger partial charge in [-0.1, -0.05) is 42.6 Å². The molecule has 0 heterocycles. The second-order valence-electron chi connectivity index (χ2n) is 7.59. The molecule has 1 amide bonds. The topological polar surface area (TPSA) is 63.2 Å². The van der Waals surface area contributed by atoms with Crippen LogP contribution in [0.1, 0.15) is 42.4 Å². The van der Waals surface area contributed by atoms with Gasteiger partial charge in [0.1, 0.15) is 0 Å². The zero-order chi connectivity index (χ0) is 20.4. The number of benzene rings is 2. The molecular formula is C22H26ClNO3S. The molecule has 0 radical (unpaired) electrons. The van der Waals surface area contributed by atoms with Gasteiger partial charge in [-0.3, -0.25) is 4.79 Å². The van der Waals surface area contributed by atoms with E-state index in [2.05, 4.69) is 5.32 Å². The summed E-state index contributed by atoms with van der Waals surface area (Å²) in [5, 5.41) is 3.52. The minimum Gasteiger partial charge on any atom is -0.354 e. The van der Waals surface area contributed by atoms with E-state index >= 15 is 0 Å². The van der Waals surface area contributed by atoms with E-state index in [1.807, 2.05) is 38.1 Å². The van der Waals surface area contributed by atoms with Crippen LogP contribution in [0.15, 0.2) is 47.4 Å². The molecule has 1 N–H and O–H groups in total. The number of halogens is 1. The molecule has 0 spiro atoms. The van der Waals surface area contributed by atoms with Crippen molar-refractivity contribution in [2.24, 2.45) is 0 Å². The highest BCUT2D eigenvalue weighted by Crippen LogP contribution is 2.41. The van der Waals surface area contributed by atoms with Crippen molar-refractivity contribution in [3.05, 3.63) is 64.2 Å². The monoisotopic (exact) mass is 419 g/mol. The smallest absolute Gasteiger partial charge is 0.241 e. The van der Waals surface area contributed by atoms with Crippen molar-refractivity contribution in [2.45, 2.75) is 55.6 Å². The molecule has 1 saturated carbocycles. The molecule has 0 aromatic heterocycles. The first-order valence-electron chi connectivity index (χ1n) is 9.61. The molecule has 0 bridgehead atoms. The van der Waals surface area contributed by atoms with Crippen LogP contribution in [-0.4, -0.2) is 25.6 Å². The highest BCUT2D eigenvalue weighted by atomic mass is 35.5. The van der Waals surface area contributed by atoms with Crippen LogP contribution >= 0.6 is 11.6 Å². The van der Waals surface area contributed by atoms with Crippen LogP contribution in [-0.2, 0) is 21.1 Å². The Morgan fingerprint density at radius 3 is 2.43 bits per heavy atom. The number of aryl methyl sites for hydroxylation is 2. The number of nitrogens with one attached hydrogen (secondary N) is 1. The fraction of sp³-hybridized carbons (Fsp3) is 0.409. The van der Waals surface area contributed by atoms with Crippen LogP contribution in [0.25, 0.3) is 0 Å². The average molecular weight is 420 g/mol. The second kappa shape index (κ2) is 8.26. The molecule has 1 aliphatic rings. The molecule has 1 fully saturated rings. The van der Waals surface area contributed by atoms with Gasteiger partial charge >= 0.3 is 0 Å². The number of amides is 1. The number of carbonyl (C=O) groups is 1. The first-order valence-corrected chi connectivity index (χ1v) is 11.5. The molecule has 0 atom stereocenters.